The van der Waals surface area contributed by atoms with Gasteiger partial charge in [0.25, 0.3) is 5.92 Å². The molecule has 0 saturated carbocycles. The number of halogens is 2. The molecule has 1 aromatic carbocycles. The summed E-state index contributed by atoms with van der Waals surface area (Å²) in [5, 5.41) is 8.47. The highest BCUT2D eigenvalue weighted by molar-refractivity contribution is 5.89. The molecule has 0 radical (unpaired) electrons. The first-order valence-corrected chi connectivity index (χ1v) is 4.19. The van der Waals surface area contributed by atoms with Gasteiger partial charge in [-0.05, 0) is 12.1 Å². The molecular weight excluding hydrogens is 206 g/mol. The highest BCUT2D eigenvalue weighted by atomic mass is 19.3. The molecule has 0 aliphatic carbocycles. The van der Waals surface area contributed by atoms with Crippen LogP contribution in [0.1, 0.15) is 15.9 Å². The van der Waals surface area contributed by atoms with Gasteiger partial charge in [0.1, 0.15) is 6.61 Å². The minimum atomic E-state index is -3.34. The van der Waals surface area contributed by atoms with Crippen LogP contribution < -0.4 is 0 Å². The molecule has 15 heavy (non-hydrogen) atoms. The van der Waals surface area contributed by atoms with Crippen LogP contribution in [0.4, 0.5) is 8.78 Å². The van der Waals surface area contributed by atoms with Crippen molar-refractivity contribution in [3.05, 3.63) is 35.4 Å². The molecule has 0 atom stereocenters. The van der Waals surface area contributed by atoms with E-state index in [0.29, 0.717) is 0 Å². The van der Waals surface area contributed by atoms with Crippen LogP contribution in [-0.4, -0.2) is 24.8 Å². The van der Waals surface area contributed by atoms with Crippen LogP contribution in [0.5, 0.6) is 0 Å². The summed E-state index contributed by atoms with van der Waals surface area (Å²) < 4.78 is 30.5. The molecule has 1 aromatic rings. The van der Waals surface area contributed by atoms with E-state index < -0.39 is 24.1 Å². The van der Waals surface area contributed by atoms with E-state index in [2.05, 4.69) is 4.74 Å². The van der Waals surface area contributed by atoms with E-state index in [1.807, 2.05) is 0 Å². The van der Waals surface area contributed by atoms with Gasteiger partial charge in [-0.2, -0.15) is 8.78 Å². The maximum absolute atomic E-state index is 13.0. The van der Waals surface area contributed by atoms with E-state index >= 15 is 0 Å². The average Bonchev–Trinajstić information content (AvgIpc) is 2.28. The summed E-state index contributed by atoms with van der Waals surface area (Å²) in [6.07, 6.45) is 0. The SMILES string of the molecule is COC(=O)c1cccc(C(F)(F)CO)c1. The summed E-state index contributed by atoms with van der Waals surface area (Å²) in [5.41, 5.74) is -0.379. The Kier molecular flexibility index (Phi) is 3.36. The van der Waals surface area contributed by atoms with Crippen LogP contribution in [-0.2, 0) is 10.7 Å². The fourth-order valence-corrected chi connectivity index (χ4v) is 1.08. The molecule has 0 aliphatic rings. The number of hydrogen-bond acceptors (Lipinski definition) is 3. The quantitative estimate of drug-likeness (QED) is 0.780. The smallest absolute Gasteiger partial charge is 0.337 e. The summed E-state index contributed by atoms with van der Waals surface area (Å²) in [5.74, 6) is -4.03. The van der Waals surface area contributed by atoms with Gasteiger partial charge in [0.05, 0.1) is 12.7 Å². The highest BCUT2D eigenvalue weighted by Crippen LogP contribution is 2.27. The number of ether oxygens (including phenoxy) is 1. The summed E-state index contributed by atoms with van der Waals surface area (Å²) in [7, 11) is 1.17. The van der Waals surface area contributed by atoms with Gasteiger partial charge < -0.3 is 9.84 Å². The Morgan fingerprint density at radius 1 is 1.53 bits per heavy atom. The molecular formula is C10H10F2O3. The van der Waals surface area contributed by atoms with E-state index in [9.17, 15) is 13.6 Å². The topological polar surface area (TPSA) is 46.5 Å². The fourth-order valence-electron chi connectivity index (χ4n) is 1.08. The van der Waals surface area contributed by atoms with E-state index in [0.717, 1.165) is 12.1 Å². The lowest BCUT2D eigenvalue weighted by molar-refractivity contribution is -0.0556. The lowest BCUT2D eigenvalue weighted by Crippen LogP contribution is -2.19. The summed E-state index contributed by atoms with van der Waals surface area (Å²) in [4.78, 5) is 11.1. The Bertz CT molecular complexity index is 363. The van der Waals surface area contributed by atoms with Gasteiger partial charge in [-0.15, -0.1) is 0 Å². The van der Waals surface area contributed by atoms with Crippen molar-refractivity contribution >= 4 is 5.97 Å². The molecule has 0 fully saturated rings. The van der Waals surface area contributed by atoms with Crippen molar-refractivity contribution in [2.75, 3.05) is 13.7 Å². The zero-order chi connectivity index (χ0) is 11.5. The number of carbonyl (C=O) groups is 1. The molecule has 1 N–H and O–H groups in total. The first kappa shape index (κ1) is 11.6. The van der Waals surface area contributed by atoms with Crippen molar-refractivity contribution in [1.29, 1.82) is 0 Å². The van der Waals surface area contributed by atoms with Crippen LogP contribution in [0.25, 0.3) is 0 Å². The van der Waals surface area contributed by atoms with Gasteiger partial charge >= 0.3 is 5.97 Å². The van der Waals surface area contributed by atoms with Crippen molar-refractivity contribution in [2.24, 2.45) is 0 Å². The Morgan fingerprint density at radius 2 is 2.20 bits per heavy atom. The summed E-state index contributed by atoms with van der Waals surface area (Å²) in [6.45, 7) is -1.29. The van der Waals surface area contributed by atoms with Gasteiger partial charge in [0.15, 0.2) is 0 Å². The molecule has 0 saturated heterocycles. The number of hydrogen-bond donors (Lipinski definition) is 1. The Labute approximate surface area is 85.3 Å². The zero-order valence-electron chi connectivity index (χ0n) is 8.04. The third kappa shape index (κ3) is 2.50. The van der Waals surface area contributed by atoms with Gasteiger partial charge in [0, 0.05) is 5.56 Å². The van der Waals surface area contributed by atoms with Gasteiger partial charge in [-0.1, -0.05) is 12.1 Å². The molecule has 1 rings (SSSR count). The maximum Gasteiger partial charge on any atom is 0.337 e. The molecule has 3 nitrogen and oxygen atoms in total. The molecule has 0 amide bonds. The van der Waals surface area contributed by atoms with Crippen molar-refractivity contribution in [2.45, 2.75) is 5.92 Å². The Hall–Kier alpha value is -1.49. The molecule has 0 aliphatic heterocycles. The second-order valence-corrected chi connectivity index (χ2v) is 2.93. The van der Waals surface area contributed by atoms with Crippen molar-refractivity contribution in [3.63, 3.8) is 0 Å². The first-order valence-electron chi connectivity index (χ1n) is 4.19. The third-order valence-corrected chi connectivity index (χ3v) is 1.90. The normalized spacial score (nSPS) is 11.2. The van der Waals surface area contributed by atoms with Crippen LogP contribution in [0.3, 0.4) is 0 Å². The number of benzene rings is 1. The number of alkyl halides is 2. The van der Waals surface area contributed by atoms with E-state index in [1.165, 1.54) is 19.2 Å². The van der Waals surface area contributed by atoms with Crippen molar-refractivity contribution in [3.8, 4) is 0 Å². The van der Waals surface area contributed by atoms with Crippen LogP contribution >= 0.6 is 0 Å². The van der Waals surface area contributed by atoms with Crippen molar-refractivity contribution < 1.29 is 23.4 Å². The van der Waals surface area contributed by atoms with Gasteiger partial charge in [0.2, 0.25) is 0 Å². The van der Waals surface area contributed by atoms with Crippen LogP contribution in [0.15, 0.2) is 24.3 Å². The molecule has 0 unspecified atom stereocenters. The molecule has 0 spiro atoms. The summed E-state index contributed by atoms with van der Waals surface area (Å²) >= 11 is 0. The monoisotopic (exact) mass is 216 g/mol. The maximum atomic E-state index is 13.0. The van der Waals surface area contributed by atoms with Gasteiger partial charge in [-0.25, -0.2) is 4.79 Å². The zero-order valence-corrected chi connectivity index (χ0v) is 8.04. The molecule has 0 bridgehead atoms. The first-order chi connectivity index (χ1) is 7.01. The van der Waals surface area contributed by atoms with E-state index in [4.69, 9.17) is 5.11 Å². The standard InChI is InChI=1S/C10H10F2O3/c1-15-9(14)7-3-2-4-8(5-7)10(11,12)6-13/h2-5,13H,6H2,1H3. The number of rotatable bonds is 3. The van der Waals surface area contributed by atoms with Crippen molar-refractivity contribution in [1.82, 2.24) is 0 Å². The Morgan fingerprint density at radius 3 is 2.73 bits per heavy atom. The second kappa shape index (κ2) is 4.35. The molecule has 5 heteroatoms. The number of carbonyl (C=O) groups excluding carboxylic acids is 1. The average molecular weight is 216 g/mol. The highest BCUT2D eigenvalue weighted by Gasteiger charge is 2.30. The molecule has 0 heterocycles. The molecule has 0 aromatic heterocycles. The minimum absolute atomic E-state index is 0.0307. The van der Waals surface area contributed by atoms with Crippen LogP contribution in [0.2, 0.25) is 0 Å². The largest absolute Gasteiger partial charge is 0.465 e. The fraction of sp³-hybridized carbons (Fsp3) is 0.300. The third-order valence-electron chi connectivity index (χ3n) is 1.90. The number of esters is 1. The minimum Gasteiger partial charge on any atom is -0.465 e. The lowest BCUT2D eigenvalue weighted by atomic mass is 10.1. The lowest BCUT2D eigenvalue weighted by Gasteiger charge is -2.13. The number of aliphatic hydroxyl groups is 1. The predicted octanol–water partition coefficient (Wildman–Crippen LogP) is 1.56. The van der Waals surface area contributed by atoms with Crippen LogP contribution in [0, 0.1) is 0 Å². The van der Waals surface area contributed by atoms with E-state index in [1.54, 1.807) is 0 Å². The second-order valence-electron chi connectivity index (χ2n) is 2.93. The predicted molar refractivity (Wildman–Crippen MR) is 48.8 cm³/mol. The molecule has 82 valence electrons. The number of aliphatic hydroxyl groups excluding tert-OH is 1. The summed E-state index contributed by atoms with van der Waals surface area (Å²) in [6, 6.07) is 4.82. The number of methoxy groups -OCH3 is 1. The van der Waals surface area contributed by atoms with Gasteiger partial charge in [-0.3, -0.25) is 0 Å². The Balaban J connectivity index is 3.08. The van der Waals surface area contributed by atoms with E-state index in [-0.39, 0.29) is 5.56 Å².